The van der Waals surface area contributed by atoms with Crippen molar-refractivity contribution in [1.82, 2.24) is 0 Å². The predicted molar refractivity (Wildman–Crippen MR) is 112 cm³/mol. The summed E-state index contributed by atoms with van der Waals surface area (Å²) in [6.45, 7) is 1.56. The lowest BCUT2D eigenvalue weighted by Crippen LogP contribution is -2.41. The number of ether oxygens (including phenoxy) is 1. The summed E-state index contributed by atoms with van der Waals surface area (Å²) in [5.74, 6) is -0.387. The zero-order chi connectivity index (χ0) is 20.4. The van der Waals surface area contributed by atoms with Gasteiger partial charge in [-0.1, -0.05) is 28.1 Å². The van der Waals surface area contributed by atoms with E-state index in [-0.39, 0.29) is 18.1 Å². The van der Waals surface area contributed by atoms with Crippen molar-refractivity contribution in [3.8, 4) is 5.75 Å². The van der Waals surface area contributed by atoms with Gasteiger partial charge < -0.3 is 9.84 Å². The number of aliphatic carboxylic acids is 1. The number of hydrogen-bond donors (Lipinski definition) is 3. The number of nitrogens with zero attached hydrogens (tertiary/aromatic N) is 2. The molecule has 3 rings (SSSR count). The van der Waals surface area contributed by atoms with Gasteiger partial charge in [0.2, 0.25) is 0 Å². The van der Waals surface area contributed by atoms with Gasteiger partial charge in [0.15, 0.2) is 0 Å². The second kappa shape index (κ2) is 7.93. The third-order valence-electron chi connectivity index (χ3n) is 4.36. The molecule has 0 bridgehead atoms. The molecule has 3 N–H and O–H groups in total. The Kier molecular flexibility index (Phi) is 5.60. The standard InChI is InChI=1S/C20H19BrN4O3/c1-11(22)25-17-8-7-14(28-2)9-15(17)19(12-3-5-13(21)6-4-12)24-16(20(25)23)10-18(26)27/h3-9,16,22-23H,10H2,1-2H3,(H,26,27)/t16-/m0/s1. The first kappa shape index (κ1) is 19.8. The second-order valence-corrected chi connectivity index (χ2v) is 7.20. The maximum absolute atomic E-state index is 11.4. The normalized spacial score (nSPS) is 16.1. The van der Waals surface area contributed by atoms with Crippen LogP contribution < -0.4 is 9.64 Å². The number of amidine groups is 2. The van der Waals surface area contributed by atoms with Gasteiger partial charge in [0.05, 0.1) is 24.9 Å². The molecule has 2 aromatic carbocycles. The number of rotatable bonds is 4. The van der Waals surface area contributed by atoms with E-state index < -0.39 is 12.0 Å². The fraction of sp³-hybridized carbons (Fsp3) is 0.200. The number of anilines is 1. The van der Waals surface area contributed by atoms with Gasteiger partial charge in [0, 0.05) is 15.6 Å². The zero-order valence-corrected chi connectivity index (χ0v) is 16.9. The summed E-state index contributed by atoms with van der Waals surface area (Å²) < 4.78 is 6.26. The summed E-state index contributed by atoms with van der Waals surface area (Å²) >= 11 is 3.41. The molecule has 1 heterocycles. The fourth-order valence-corrected chi connectivity index (χ4v) is 3.36. The summed E-state index contributed by atoms with van der Waals surface area (Å²) in [6, 6.07) is 11.9. The number of carbonyl (C=O) groups is 1. The van der Waals surface area contributed by atoms with Gasteiger partial charge in [-0.3, -0.25) is 25.5 Å². The molecule has 0 radical (unpaired) electrons. The minimum absolute atomic E-state index is 0.0478. The van der Waals surface area contributed by atoms with Crippen molar-refractivity contribution < 1.29 is 14.6 Å². The van der Waals surface area contributed by atoms with Crippen LogP contribution >= 0.6 is 15.9 Å². The Labute approximate surface area is 170 Å². The summed E-state index contributed by atoms with van der Waals surface area (Å²) in [4.78, 5) is 17.5. The Balaban J connectivity index is 2.30. The quantitative estimate of drug-likeness (QED) is 0.491. The largest absolute Gasteiger partial charge is 0.497 e. The SMILES string of the molecule is COc1ccc2c(c1)C(c1ccc(Br)cc1)=N[C@@H](CC(=O)O)C(=N)N2C(C)=N. The Morgan fingerprint density at radius 3 is 2.54 bits per heavy atom. The third-order valence-corrected chi connectivity index (χ3v) is 4.89. The highest BCUT2D eigenvalue weighted by atomic mass is 79.9. The molecule has 0 aromatic heterocycles. The van der Waals surface area contributed by atoms with Crippen LogP contribution in [0.5, 0.6) is 5.75 Å². The summed E-state index contributed by atoms with van der Waals surface area (Å²) in [5, 5.41) is 26.1. The van der Waals surface area contributed by atoms with E-state index in [1.54, 1.807) is 32.2 Å². The van der Waals surface area contributed by atoms with E-state index in [1.165, 1.54) is 4.90 Å². The number of nitrogens with one attached hydrogen (secondary N) is 2. The number of hydrogen-bond acceptors (Lipinski definition) is 5. The molecule has 0 aliphatic carbocycles. The molecule has 0 spiro atoms. The minimum Gasteiger partial charge on any atom is -0.497 e. The summed E-state index contributed by atoms with van der Waals surface area (Å²) in [5.41, 5.74) is 2.60. The lowest BCUT2D eigenvalue weighted by molar-refractivity contribution is -0.137. The van der Waals surface area contributed by atoms with Gasteiger partial charge in [-0.2, -0.15) is 0 Å². The van der Waals surface area contributed by atoms with Gasteiger partial charge in [-0.15, -0.1) is 0 Å². The van der Waals surface area contributed by atoms with E-state index in [0.29, 0.717) is 22.7 Å². The smallest absolute Gasteiger partial charge is 0.305 e. The van der Waals surface area contributed by atoms with E-state index in [4.69, 9.17) is 15.6 Å². The van der Waals surface area contributed by atoms with Crippen molar-refractivity contribution in [1.29, 1.82) is 10.8 Å². The lowest BCUT2D eigenvalue weighted by atomic mass is 9.99. The molecule has 0 unspecified atom stereocenters. The van der Waals surface area contributed by atoms with Crippen LogP contribution in [0.2, 0.25) is 0 Å². The highest BCUT2D eigenvalue weighted by Crippen LogP contribution is 2.33. The number of methoxy groups -OCH3 is 1. The Morgan fingerprint density at radius 2 is 1.96 bits per heavy atom. The zero-order valence-electron chi connectivity index (χ0n) is 15.4. The van der Waals surface area contributed by atoms with Gasteiger partial charge in [0.25, 0.3) is 0 Å². The minimum atomic E-state index is -1.06. The molecule has 1 atom stereocenters. The second-order valence-electron chi connectivity index (χ2n) is 6.29. The fourth-order valence-electron chi connectivity index (χ4n) is 3.10. The Hall–Kier alpha value is -3.00. The molecule has 0 saturated heterocycles. The monoisotopic (exact) mass is 442 g/mol. The van der Waals surface area contributed by atoms with Crippen LogP contribution in [0.1, 0.15) is 24.5 Å². The predicted octanol–water partition coefficient (Wildman–Crippen LogP) is 3.93. The van der Waals surface area contributed by atoms with Crippen molar-refractivity contribution >= 4 is 45.0 Å². The van der Waals surface area contributed by atoms with Crippen molar-refractivity contribution in [2.75, 3.05) is 12.0 Å². The van der Waals surface area contributed by atoms with Crippen molar-refractivity contribution in [3.63, 3.8) is 0 Å². The maximum Gasteiger partial charge on any atom is 0.305 e. The van der Waals surface area contributed by atoms with Crippen LogP contribution in [0, 0.1) is 10.8 Å². The van der Waals surface area contributed by atoms with Crippen LogP contribution in [0.4, 0.5) is 5.69 Å². The van der Waals surface area contributed by atoms with Crippen molar-refractivity contribution in [2.24, 2.45) is 4.99 Å². The number of benzene rings is 2. The van der Waals surface area contributed by atoms with Crippen molar-refractivity contribution in [2.45, 2.75) is 19.4 Å². The maximum atomic E-state index is 11.4. The van der Waals surface area contributed by atoms with Gasteiger partial charge in [0.1, 0.15) is 23.5 Å². The molecular weight excluding hydrogens is 424 g/mol. The molecule has 144 valence electrons. The van der Waals surface area contributed by atoms with E-state index in [1.807, 2.05) is 24.3 Å². The first-order valence-electron chi connectivity index (χ1n) is 8.49. The molecule has 1 aliphatic heterocycles. The third kappa shape index (κ3) is 3.82. The van der Waals surface area contributed by atoms with Gasteiger partial charge in [-0.25, -0.2) is 0 Å². The average molecular weight is 443 g/mol. The summed E-state index contributed by atoms with van der Waals surface area (Å²) in [7, 11) is 1.56. The number of aliphatic imine (C=N–C) groups is 1. The molecule has 0 saturated carbocycles. The van der Waals surface area contributed by atoms with Crippen LogP contribution in [0.3, 0.4) is 0 Å². The number of halogens is 1. The molecule has 28 heavy (non-hydrogen) atoms. The average Bonchev–Trinajstić information content (AvgIpc) is 2.76. The van der Waals surface area contributed by atoms with E-state index in [2.05, 4.69) is 20.9 Å². The number of carboxylic acid groups (broad SMARTS) is 1. The molecule has 1 aliphatic rings. The number of fused-ring (bicyclic) bond motifs is 1. The molecular formula is C20H19BrN4O3. The topological polar surface area (TPSA) is 110 Å². The van der Waals surface area contributed by atoms with Gasteiger partial charge >= 0.3 is 5.97 Å². The molecule has 2 aromatic rings. The highest BCUT2D eigenvalue weighted by Gasteiger charge is 2.32. The molecule has 8 heteroatoms. The number of benzodiazepines with no additional fused rings is 1. The van der Waals surface area contributed by atoms with Crippen LogP contribution in [-0.4, -0.2) is 41.6 Å². The van der Waals surface area contributed by atoms with E-state index in [9.17, 15) is 9.90 Å². The first-order valence-corrected chi connectivity index (χ1v) is 9.28. The lowest BCUT2D eigenvalue weighted by Gasteiger charge is -2.26. The van der Waals surface area contributed by atoms with Crippen LogP contribution in [0.15, 0.2) is 51.9 Å². The Bertz CT molecular complexity index is 985. The summed E-state index contributed by atoms with van der Waals surface area (Å²) in [6.07, 6.45) is -0.340. The highest BCUT2D eigenvalue weighted by molar-refractivity contribution is 9.10. The molecule has 0 fully saturated rings. The van der Waals surface area contributed by atoms with Crippen molar-refractivity contribution in [3.05, 3.63) is 58.1 Å². The Morgan fingerprint density at radius 1 is 1.29 bits per heavy atom. The van der Waals surface area contributed by atoms with Crippen LogP contribution in [0.25, 0.3) is 0 Å². The van der Waals surface area contributed by atoms with E-state index in [0.717, 1.165) is 10.0 Å². The first-order chi connectivity index (χ1) is 13.3. The van der Waals surface area contributed by atoms with Crippen LogP contribution in [-0.2, 0) is 4.79 Å². The molecule has 0 amide bonds. The van der Waals surface area contributed by atoms with Gasteiger partial charge in [-0.05, 0) is 37.3 Å². The number of carboxylic acids is 1. The van der Waals surface area contributed by atoms with E-state index >= 15 is 0 Å². The molecule has 7 nitrogen and oxygen atoms in total.